The van der Waals surface area contributed by atoms with Crippen molar-refractivity contribution in [3.05, 3.63) is 60.2 Å². The molecular formula is C20H23N3O3S. The number of rotatable bonds is 5. The number of nitrogens with zero attached hydrogens (tertiary/aromatic N) is 1. The van der Waals surface area contributed by atoms with Gasteiger partial charge in [0.2, 0.25) is 5.91 Å². The van der Waals surface area contributed by atoms with Crippen molar-refractivity contribution >= 4 is 27.5 Å². The van der Waals surface area contributed by atoms with Gasteiger partial charge >= 0.3 is 0 Å². The van der Waals surface area contributed by atoms with Crippen molar-refractivity contribution in [3.8, 4) is 0 Å². The second-order valence-corrected chi connectivity index (χ2v) is 8.16. The normalized spacial score (nSPS) is 14.7. The lowest BCUT2D eigenvalue weighted by Gasteiger charge is -2.10. The first-order valence-electron chi connectivity index (χ1n) is 9.03. The van der Waals surface area contributed by atoms with Crippen LogP contribution in [0.1, 0.15) is 31.2 Å². The number of amidine groups is 1. The SMILES string of the molecule is O=C(Cc1ccccc1)Nc1ccc(S(=O)(=O)NC2=NCCCCC2)cc1. The van der Waals surface area contributed by atoms with Gasteiger partial charge in [-0.1, -0.05) is 36.8 Å². The molecule has 7 heteroatoms. The molecule has 2 N–H and O–H groups in total. The smallest absolute Gasteiger partial charge is 0.262 e. The Balaban J connectivity index is 1.62. The van der Waals surface area contributed by atoms with Crippen LogP contribution in [0.4, 0.5) is 5.69 Å². The summed E-state index contributed by atoms with van der Waals surface area (Å²) in [5.74, 6) is 0.371. The minimum atomic E-state index is -3.66. The zero-order valence-corrected chi connectivity index (χ0v) is 15.8. The molecule has 0 aliphatic carbocycles. The molecule has 0 fully saturated rings. The Morgan fingerprint density at radius 1 is 0.963 bits per heavy atom. The molecule has 2 aromatic carbocycles. The zero-order valence-electron chi connectivity index (χ0n) is 15.0. The molecule has 0 saturated carbocycles. The van der Waals surface area contributed by atoms with Crippen LogP contribution in [0.3, 0.4) is 0 Å². The number of benzene rings is 2. The van der Waals surface area contributed by atoms with Crippen LogP contribution in [0.15, 0.2) is 64.5 Å². The van der Waals surface area contributed by atoms with Gasteiger partial charge in [-0.3, -0.25) is 14.5 Å². The van der Waals surface area contributed by atoms with Crippen molar-refractivity contribution < 1.29 is 13.2 Å². The molecule has 142 valence electrons. The number of carbonyl (C=O) groups is 1. The maximum absolute atomic E-state index is 12.5. The van der Waals surface area contributed by atoms with Gasteiger partial charge < -0.3 is 5.32 Å². The summed E-state index contributed by atoms with van der Waals surface area (Å²) in [5.41, 5.74) is 1.48. The van der Waals surface area contributed by atoms with E-state index < -0.39 is 10.0 Å². The highest BCUT2D eigenvalue weighted by molar-refractivity contribution is 7.90. The van der Waals surface area contributed by atoms with Crippen LogP contribution in [0.5, 0.6) is 0 Å². The van der Waals surface area contributed by atoms with Crippen molar-refractivity contribution in [1.29, 1.82) is 0 Å². The number of hydrogen-bond donors (Lipinski definition) is 2. The second kappa shape index (κ2) is 8.81. The zero-order chi connectivity index (χ0) is 19.1. The maximum Gasteiger partial charge on any atom is 0.262 e. The largest absolute Gasteiger partial charge is 0.326 e. The average Bonchev–Trinajstić information content (AvgIpc) is 2.91. The predicted molar refractivity (Wildman–Crippen MR) is 106 cm³/mol. The maximum atomic E-state index is 12.5. The molecule has 27 heavy (non-hydrogen) atoms. The van der Waals surface area contributed by atoms with Gasteiger partial charge in [-0.05, 0) is 42.7 Å². The number of anilines is 1. The molecule has 2 aromatic rings. The van der Waals surface area contributed by atoms with E-state index in [-0.39, 0.29) is 17.2 Å². The lowest BCUT2D eigenvalue weighted by atomic mass is 10.1. The minimum absolute atomic E-state index is 0.149. The van der Waals surface area contributed by atoms with Crippen LogP contribution in [0.2, 0.25) is 0 Å². The fraction of sp³-hybridized carbons (Fsp3) is 0.300. The third-order valence-electron chi connectivity index (χ3n) is 4.28. The molecule has 0 bridgehead atoms. The van der Waals surface area contributed by atoms with Gasteiger partial charge in [0.05, 0.1) is 11.3 Å². The standard InChI is InChI=1S/C20H23N3O3S/c24-20(15-16-7-3-1-4-8-16)22-17-10-12-18(13-11-17)27(25,26)23-19-9-5-2-6-14-21-19/h1,3-4,7-8,10-13H,2,5-6,9,14-15H2,(H,21,23)(H,22,24). The molecule has 0 aromatic heterocycles. The quantitative estimate of drug-likeness (QED) is 0.829. The molecule has 0 unspecified atom stereocenters. The molecular weight excluding hydrogens is 362 g/mol. The van der Waals surface area contributed by atoms with Crippen LogP contribution in [0, 0.1) is 0 Å². The summed E-state index contributed by atoms with van der Waals surface area (Å²) in [6, 6.07) is 15.6. The van der Waals surface area contributed by atoms with Crippen LogP contribution < -0.4 is 10.0 Å². The molecule has 1 aliphatic heterocycles. The minimum Gasteiger partial charge on any atom is -0.326 e. The Labute approximate surface area is 159 Å². The molecule has 0 spiro atoms. The van der Waals surface area contributed by atoms with E-state index in [4.69, 9.17) is 0 Å². The molecule has 0 saturated heterocycles. The summed E-state index contributed by atoms with van der Waals surface area (Å²) in [6.45, 7) is 0.657. The highest BCUT2D eigenvalue weighted by Gasteiger charge is 2.17. The first-order chi connectivity index (χ1) is 13.0. The van der Waals surface area contributed by atoms with Crippen LogP contribution >= 0.6 is 0 Å². The highest BCUT2D eigenvalue weighted by atomic mass is 32.2. The molecule has 1 aliphatic rings. The van der Waals surface area contributed by atoms with Gasteiger partial charge in [0.1, 0.15) is 5.84 Å². The Hall–Kier alpha value is -2.67. The van der Waals surface area contributed by atoms with Crippen molar-refractivity contribution in [2.24, 2.45) is 4.99 Å². The summed E-state index contributed by atoms with van der Waals surface area (Å²) >= 11 is 0. The van der Waals surface area contributed by atoms with E-state index >= 15 is 0 Å². The van der Waals surface area contributed by atoms with E-state index in [9.17, 15) is 13.2 Å². The van der Waals surface area contributed by atoms with Crippen LogP contribution in [-0.4, -0.2) is 26.7 Å². The molecule has 1 heterocycles. The molecule has 1 amide bonds. The average molecular weight is 385 g/mol. The Kier molecular flexibility index (Phi) is 6.24. The fourth-order valence-electron chi connectivity index (χ4n) is 2.88. The predicted octanol–water partition coefficient (Wildman–Crippen LogP) is 3.12. The van der Waals surface area contributed by atoms with E-state index in [2.05, 4.69) is 15.0 Å². The Bertz CT molecular complexity index is 907. The lowest BCUT2D eigenvalue weighted by Crippen LogP contribution is -2.30. The van der Waals surface area contributed by atoms with Gasteiger partial charge in [0.25, 0.3) is 10.0 Å². The Morgan fingerprint density at radius 2 is 1.70 bits per heavy atom. The number of amides is 1. The van der Waals surface area contributed by atoms with Crippen molar-refractivity contribution in [2.45, 2.75) is 37.0 Å². The number of aliphatic imine (C=N–C) groups is 1. The van der Waals surface area contributed by atoms with E-state index in [0.29, 0.717) is 24.5 Å². The number of nitrogens with one attached hydrogen (secondary N) is 2. The summed E-state index contributed by atoms with van der Waals surface area (Å²) in [6.07, 6.45) is 3.90. The van der Waals surface area contributed by atoms with Gasteiger partial charge in [-0.25, -0.2) is 8.42 Å². The first-order valence-corrected chi connectivity index (χ1v) is 10.5. The fourth-order valence-corrected chi connectivity index (χ4v) is 3.96. The third kappa shape index (κ3) is 5.65. The number of sulfonamides is 1. The first kappa shape index (κ1) is 19.1. The summed E-state index contributed by atoms with van der Waals surface area (Å²) < 4.78 is 27.6. The third-order valence-corrected chi connectivity index (χ3v) is 5.68. The van der Waals surface area contributed by atoms with E-state index in [1.165, 1.54) is 12.1 Å². The van der Waals surface area contributed by atoms with Gasteiger partial charge in [0, 0.05) is 18.7 Å². The molecule has 0 atom stereocenters. The lowest BCUT2D eigenvalue weighted by molar-refractivity contribution is -0.115. The van der Waals surface area contributed by atoms with Gasteiger partial charge in [-0.15, -0.1) is 0 Å². The molecule has 6 nitrogen and oxygen atoms in total. The van der Waals surface area contributed by atoms with Crippen molar-refractivity contribution in [3.63, 3.8) is 0 Å². The second-order valence-electron chi connectivity index (χ2n) is 6.48. The number of carbonyl (C=O) groups excluding carboxylic acids is 1. The van der Waals surface area contributed by atoms with Crippen molar-refractivity contribution in [2.75, 3.05) is 11.9 Å². The Morgan fingerprint density at radius 3 is 2.44 bits per heavy atom. The molecule has 0 radical (unpaired) electrons. The topological polar surface area (TPSA) is 87.6 Å². The van der Waals surface area contributed by atoms with Gasteiger partial charge in [-0.2, -0.15) is 0 Å². The van der Waals surface area contributed by atoms with Gasteiger partial charge in [0.15, 0.2) is 0 Å². The number of hydrogen-bond acceptors (Lipinski definition) is 4. The summed E-state index contributed by atoms with van der Waals surface area (Å²) in [5, 5.41) is 2.78. The van der Waals surface area contributed by atoms with E-state index in [0.717, 1.165) is 24.8 Å². The molecule has 3 rings (SSSR count). The monoisotopic (exact) mass is 385 g/mol. The van der Waals surface area contributed by atoms with Crippen LogP contribution in [-0.2, 0) is 21.2 Å². The summed E-state index contributed by atoms with van der Waals surface area (Å²) in [4.78, 5) is 16.6. The van der Waals surface area contributed by atoms with E-state index in [1.807, 2.05) is 30.3 Å². The summed E-state index contributed by atoms with van der Waals surface area (Å²) in [7, 11) is -3.66. The van der Waals surface area contributed by atoms with Crippen LogP contribution in [0.25, 0.3) is 0 Å². The highest BCUT2D eigenvalue weighted by Crippen LogP contribution is 2.16. The van der Waals surface area contributed by atoms with Crippen molar-refractivity contribution in [1.82, 2.24) is 4.72 Å². The van der Waals surface area contributed by atoms with E-state index in [1.54, 1.807) is 12.1 Å².